The van der Waals surface area contributed by atoms with Gasteiger partial charge in [0.05, 0.1) is 18.9 Å². The lowest BCUT2D eigenvalue weighted by Gasteiger charge is -2.29. The number of fused-ring (bicyclic) bond motifs is 1. The van der Waals surface area contributed by atoms with Crippen LogP contribution in [0.4, 0.5) is 0 Å². The number of imidazole rings is 1. The van der Waals surface area contributed by atoms with Gasteiger partial charge in [0.15, 0.2) is 5.69 Å². The van der Waals surface area contributed by atoms with Crippen LogP contribution in [0.3, 0.4) is 0 Å². The lowest BCUT2D eigenvalue weighted by atomic mass is 10.1. The average molecular weight is 368 g/mol. The molecule has 2 aromatic rings. The molecule has 144 valence electrons. The second-order valence-corrected chi connectivity index (χ2v) is 8.32. The van der Waals surface area contributed by atoms with E-state index in [1.54, 1.807) is 0 Å². The van der Waals surface area contributed by atoms with Crippen LogP contribution < -0.4 is 0 Å². The maximum absolute atomic E-state index is 13.2. The Balaban J connectivity index is 1.47. The zero-order chi connectivity index (χ0) is 18.4. The number of rotatable bonds is 6. The number of aromatic nitrogens is 2. The number of carbonyl (C=O) groups is 1. The van der Waals surface area contributed by atoms with Gasteiger partial charge in [0, 0.05) is 31.9 Å². The fourth-order valence-electron chi connectivity index (χ4n) is 4.61. The number of ether oxygens (including phenoxy) is 1. The smallest absolute Gasteiger partial charge is 0.274 e. The van der Waals surface area contributed by atoms with E-state index in [1.807, 2.05) is 29.3 Å². The molecule has 0 atom stereocenters. The summed E-state index contributed by atoms with van der Waals surface area (Å²) < 4.78 is 7.51. The lowest BCUT2D eigenvalue weighted by Crippen LogP contribution is -2.41. The molecule has 0 spiro atoms. The quantitative estimate of drug-likeness (QED) is 0.786. The molecular weight excluding hydrogens is 340 g/mol. The van der Waals surface area contributed by atoms with Crippen molar-refractivity contribution >= 4 is 11.6 Å². The van der Waals surface area contributed by atoms with Crippen LogP contribution in [0.15, 0.2) is 24.4 Å². The Morgan fingerprint density at radius 2 is 1.93 bits per heavy atom. The molecule has 6 heteroatoms. The van der Waals surface area contributed by atoms with Crippen LogP contribution in [-0.2, 0) is 11.3 Å². The molecule has 2 aliphatic carbocycles. The highest BCUT2D eigenvalue weighted by atomic mass is 16.5. The fraction of sp³-hybridized carbons (Fsp3) is 0.619. The second-order valence-electron chi connectivity index (χ2n) is 8.32. The van der Waals surface area contributed by atoms with Gasteiger partial charge >= 0.3 is 0 Å². The van der Waals surface area contributed by atoms with Crippen LogP contribution in [0.5, 0.6) is 0 Å². The van der Waals surface area contributed by atoms with Gasteiger partial charge in [0.2, 0.25) is 0 Å². The van der Waals surface area contributed by atoms with Gasteiger partial charge in [-0.05, 0) is 56.7 Å². The van der Waals surface area contributed by atoms with Gasteiger partial charge in [-0.3, -0.25) is 9.69 Å². The maximum atomic E-state index is 13.2. The van der Waals surface area contributed by atoms with Crippen molar-refractivity contribution in [1.29, 1.82) is 0 Å². The third-order valence-corrected chi connectivity index (χ3v) is 6.25. The molecule has 1 saturated heterocycles. The molecule has 0 radical (unpaired) electrons. The SMILES string of the molecule is CN(Cc1c(C(=O)N2CCOCC2)nc2ccccn12)C(C1CC1)C1CC1. The van der Waals surface area contributed by atoms with Crippen molar-refractivity contribution in [3.63, 3.8) is 0 Å². The molecule has 3 heterocycles. The third-order valence-electron chi connectivity index (χ3n) is 6.25. The molecule has 2 saturated carbocycles. The first kappa shape index (κ1) is 17.2. The topological polar surface area (TPSA) is 50.1 Å². The maximum Gasteiger partial charge on any atom is 0.274 e. The van der Waals surface area contributed by atoms with Crippen LogP contribution >= 0.6 is 0 Å². The summed E-state index contributed by atoms with van der Waals surface area (Å²) in [6.45, 7) is 3.29. The summed E-state index contributed by atoms with van der Waals surface area (Å²) in [6.07, 6.45) is 7.47. The van der Waals surface area contributed by atoms with Gasteiger partial charge in [-0.2, -0.15) is 0 Å². The standard InChI is InChI=1S/C21H28N4O2/c1-23(20(15-5-6-15)16-7-8-16)14-17-19(21(26)24-10-12-27-13-11-24)22-18-4-2-3-9-25(17)18/h2-4,9,15-16,20H,5-8,10-14H2,1H3. The minimum absolute atomic E-state index is 0.0415. The fourth-order valence-corrected chi connectivity index (χ4v) is 4.61. The largest absolute Gasteiger partial charge is 0.378 e. The van der Waals surface area contributed by atoms with E-state index < -0.39 is 0 Å². The van der Waals surface area contributed by atoms with Crippen molar-refractivity contribution in [3.8, 4) is 0 Å². The van der Waals surface area contributed by atoms with Crippen molar-refractivity contribution in [2.75, 3.05) is 33.4 Å². The molecule has 0 unspecified atom stereocenters. The minimum atomic E-state index is 0.0415. The first-order valence-corrected chi connectivity index (χ1v) is 10.3. The monoisotopic (exact) mass is 368 g/mol. The molecule has 1 amide bonds. The van der Waals surface area contributed by atoms with Crippen LogP contribution in [0.25, 0.3) is 5.65 Å². The van der Waals surface area contributed by atoms with Crippen LogP contribution in [-0.4, -0.2) is 64.5 Å². The summed E-state index contributed by atoms with van der Waals surface area (Å²) in [5.74, 6) is 1.74. The Morgan fingerprint density at radius 3 is 2.59 bits per heavy atom. The molecule has 0 aromatic carbocycles. The highest BCUT2D eigenvalue weighted by Gasteiger charge is 2.43. The van der Waals surface area contributed by atoms with Crippen LogP contribution in [0.1, 0.15) is 41.9 Å². The number of pyridine rings is 1. The van der Waals surface area contributed by atoms with E-state index >= 15 is 0 Å². The number of carbonyl (C=O) groups excluding carboxylic acids is 1. The summed E-state index contributed by atoms with van der Waals surface area (Å²) >= 11 is 0. The second kappa shape index (κ2) is 6.91. The van der Waals surface area contributed by atoms with E-state index in [0.717, 1.165) is 29.7 Å². The predicted molar refractivity (Wildman–Crippen MR) is 103 cm³/mol. The summed E-state index contributed by atoms with van der Waals surface area (Å²) in [7, 11) is 2.23. The van der Waals surface area contributed by atoms with Gasteiger partial charge in [-0.15, -0.1) is 0 Å². The molecule has 0 N–H and O–H groups in total. The van der Waals surface area contributed by atoms with E-state index in [2.05, 4.69) is 16.3 Å². The number of amides is 1. The Labute approximate surface area is 160 Å². The van der Waals surface area contributed by atoms with Crippen LogP contribution in [0, 0.1) is 11.8 Å². The summed E-state index contributed by atoms with van der Waals surface area (Å²) in [4.78, 5) is 22.3. The van der Waals surface area contributed by atoms with E-state index in [4.69, 9.17) is 9.72 Å². The molecule has 0 bridgehead atoms. The zero-order valence-electron chi connectivity index (χ0n) is 16.0. The molecule has 27 heavy (non-hydrogen) atoms. The summed E-state index contributed by atoms with van der Waals surface area (Å²) in [5, 5.41) is 0. The molecule has 6 nitrogen and oxygen atoms in total. The number of morpholine rings is 1. The Kier molecular flexibility index (Phi) is 4.40. The predicted octanol–water partition coefficient (Wildman–Crippen LogP) is 2.43. The first-order chi connectivity index (χ1) is 13.2. The van der Waals surface area contributed by atoms with Crippen LogP contribution in [0.2, 0.25) is 0 Å². The van der Waals surface area contributed by atoms with Crippen molar-refractivity contribution in [2.24, 2.45) is 11.8 Å². The van der Waals surface area contributed by atoms with Crippen molar-refractivity contribution in [1.82, 2.24) is 19.2 Å². The van der Waals surface area contributed by atoms with Gasteiger partial charge in [0.1, 0.15) is 5.65 Å². The molecule has 3 aliphatic rings. The Morgan fingerprint density at radius 1 is 1.22 bits per heavy atom. The van der Waals surface area contributed by atoms with E-state index in [1.165, 1.54) is 25.7 Å². The van der Waals surface area contributed by atoms with Crippen molar-refractivity contribution in [2.45, 2.75) is 38.3 Å². The Hall–Kier alpha value is -1.92. The highest BCUT2D eigenvalue weighted by molar-refractivity contribution is 5.94. The third kappa shape index (κ3) is 3.36. The first-order valence-electron chi connectivity index (χ1n) is 10.3. The zero-order valence-corrected chi connectivity index (χ0v) is 16.0. The van der Waals surface area contributed by atoms with Gasteiger partial charge in [-0.25, -0.2) is 4.98 Å². The van der Waals surface area contributed by atoms with Gasteiger partial charge in [0.25, 0.3) is 5.91 Å². The van der Waals surface area contributed by atoms with E-state index in [0.29, 0.717) is 38.0 Å². The van der Waals surface area contributed by atoms with E-state index in [9.17, 15) is 4.79 Å². The number of nitrogens with zero attached hydrogens (tertiary/aromatic N) is 4. The summed E-state index contributed by atoms with van der Waals surface area (Å²) in [6, 6.07) is 6.64. The Bertz CT molecular complexity index is 822. The van der Waals surface area contributed by atoms with Gasteiger partial charge < -0.3 is 14.0 Å². The number of hydrogen-bond acceptors (Lipinski definition) is 4. The molecule has 2 aromatic heterocycles. The molecule has 5 rings (SSSR count). The average Bonchev–Trinajstić information content (AvgIpc) is 3.63. The normalized spacial score (nSPS) is 20.8. The lowest BCUT2D eigenvalue weighted by molar-refractivity contribution is 0.0297. The summed E-state index contributed by atoms with van der Waals surface area (Å²) in [5.41, 5.74) is 2.49. The molecule has 1 aliphatic heterocycles. The van der Waals surface area contributed by atoms with Crippen molar-refractivity contribution in [3.05, 3.63) is 35.8 Å². The molecular formula is C21H28N4O2. The number of hydrogen-bond donors (Lipinski definition) is 0. The van der Waals surface area contributed by atoms with Gasteiger partial charge in [-0.1, -0.05) is 6.07 Å². The molecule has 3 fully saturated rings. The van der Waals surface area contributed by atoms with Crippen molar-refractivity contribution < 1.29 is 9.53 Å². The van der Waals surface area contributed by atoms with E-state index in [-0.39, 0.29) is 5.91 Å². The highest BCUT2D eigenvalue weighted by Crippen LogP contribution is 2.47. The minimum Gasteiger partial charge on any atom is -0.378 e.